The number of rotatable bonds is 0. The molecule has 0 radical (unpaired) electrons. The standard InChI is InChI=1S/C12H17N/c1-9-12(2,3)10-7-5-6-8-11(10)13(9)4/h5-9H,1-4H3/p+1. The van der Waals surface area contributed by atoms with Crippen molar-refractivity contribution in [3.05, 3.63) is 29.8 Å². The molecule has 0 aromatic heterocycles. The minimum Gasteiger partial charge on any atom is -0.302 e. The third-order valence-electron chi connectivity index (χ3n) is 3.78. The van der Waals surface area contributed by atoms with Gasteiger partial charge in [0.05, 0.1) is 13.1 Å². The maximum absolute atomic E-state index is 2.34. The van der Waals surface area contributed by atoms with Gasteiger partial charge in [0.15, 0.2) is 0 Å². The Morgan fingerprint density at radius 1 is 1.23 bits per heavy atom. The topological polar surface area (TPSA) is 4.44 Å². The molecule has 1 aromatic rings. The van der Waals surface area contributed by atoms with Gasteiger partial charge in [-0.15, -0.1) is 0 Å². The van der Waals surface area contributed by atoms with E-state index in [4.69, 9.17) is 0 Å². The molecule has 1 heteroatoms. The van der Waals surface area contributed by atoms with E-state index in [-0.39, 0.29) is 0 Å². The summed E-state index contributed by atoms with van der Waals surface area (Å²) in [5, 5.41) is 0. The Morgan fingerprint density at radius 2 is 1.85 bits per heavy atom. The molecule has 70 valence electrons. The van der Waals surface area contributed by atoms with Crippen LogP contribution < -0.4 is 4.90 Å². The van der Waals surface area contributed by atoms with Gasteiger partial charge in [0.25, 0.3) is 0 Å². The van der Waals surface area contributed by atoms with E-state index in [2.05, 4.69) is 52.1 Å². The molecule has 1 heterocycles. The van der Waals surface area contributed by atoms with E-state index >= 15 is 0 Å². The van der Waals surface area contributed by atoms with Crippen LogP contribution >= 0.6 is 0 Å². The monoisotopic (exact) mass is 176 g/mol. The smallest absolute Gasteiger partial charge is 0.135 e. The summed E-state index contributed by atoms with van der Waals surface area (Å²) < 4.78 is 0. The molecule has 0 saturated heterocycles. The molecule has 0 bridgehead atoms. The van der Waals surface area contributed by atoms with E-state index in [1.165, 1.54) is 11.3 Å². The van der Waals surface area contributed by atoms with E-state index in [1.54, 1.807) is 4.90 Å². The predicted molar refractivity (Wildman–Crippen MR) is 55.5 cm³/mol. The lowest BCUT2D eigenvalue weighted by molar-refractivity contribution is -0.834. The molecule has 1 nitrogen and oxygen atoms in total. The van der Waals surface area contributed by atoms with E-state index in [1.807, 2.05) is 0 Å². The number of nitrogens with one attached hydrogen (secondary N) is 1. The molecule has 2 atom stereocenters. The first-order valence-electron chi connectivity index (χ1n) is 4.98. The second kappa shape index (κ2) is 2.58. The van der Waals surface area contributed by atoms with Crippen molar-refractivity contribution < 1.29 is 4.90 Å². The molecular weight excluding hydrogens is 158 g/mol. The SMILES string of the molecule is CC1[NH+](C)c2ccccc2C1(C)C. The van der Waals surface area contributed by atoms with Crippen LogP contribution in [-0.2, 0) is 5.41 Å². The first kappa shape index (κ1) is 8.76. The molecule has 0 saturated carbocycles. The van der Waals surface area contributed by atoms with Crippen molar-refractivity contribution in [2.24, 2.45) is 0 Å². The summed E-state index contributed by atoms with van der Waals surface area (Å²) in [4.78, 5) is 1.54. The number of quaternary nitrogens is 1. The van der Waals surface area contributed by atoms with Gasteiger partial charge in [0.1, 0.15) is 5.69 Å². The van der Waals surface area contributed by atoms with E-state index in [0.717, 1.165) is 0 Å². The molecule has 0 amide bonds. The first-order valence-corrected chi connectivity index (χ1v) is 4.98. The van der Waals surface area contributed by atoms with Gasteiger partial charge in [-0.1, -0.05) is 18.2 Å². The number of fused-ring (bicyclic) bond motifs is 1. The second-order valence-corrected chi connectivity index (χ2v) is 4.67. The molecule has 0 spiro atoms. The molecule has 1 N–H and O–H groups in total. The van der Waals surface area contributed by atoms with Crippen LogP contribution in [-0.4, -0.2) is 13.1 Å². The fourth-order valence-corrected chi connectivity index (χ4v) is 2.40. The summed E-state index contributed by atoms with van der Waals surface area (Å²) >= 11 is 0. The lowest BCUT2D eigenvalue weighted by atomic mass is 9.81. The molecular formula is C12H18N+. The van der Waals surface area contributed by atoms with Crippen LogP contribution in [0.15, 0.2) is 24.3 Å². The Balaban J connectivity index is 2.61. The summed E-state index contributed by atoms with van der Waals surface area (Å²) in [5.74, 6) is 0. The minimum absolute atomic E-state index is 0.320. The van der Waals surface area contributed by atoms with Crippen LogP contribution in [0.5, 0.6) is 0 Å². The van der Waals surface area contributed by atoms with Gasteiger partial charge in [0.2, 0.25) is 0 Å². The average Bonchev–Trinajstić information content (AvgIpc) is 2.30. The zero-order chi connectivity index (χ0) is 9.64. The van der Waals surface area contributed by atoms with Gasteiger partial charge in [-0.25, -0.2) is 0 Å². The molecule has 1 aliphatic rings. The largest absolute Gasteiger partial charge is 0.302 e. The third-order valence-corrected chi connectivity index (χ3v) is 3.78. The summed E-state index contributed by atoms with van der Waals surface area (Å²) in [7, 11) is 2.26. The van der Waals surface area contributed by atoms with Crippen LogP contribution in [0, 0.1) is 0 Å². The van der Waals surface area contributed by atoms with Gasteiger partial charge >= 0.3 is 0 Å². The van der Waals surface area contributed by atoms with Gasteiger partial charge in [-0.05, 0) is 26.8 Å². The van der Waals surface area contributed by atoms with Crippen LogP contribution in [0.1, 0.15) is 26.3 Å². The van der Waals surface area contributed by atoms with Crippen molar-refractivity contribution in [2.45, 2.75) is 32.2 Å². The highest BCUT2D eigenvalue weighted by Crippen LogP contribution is 2.35. The van der Waals surface area contributed by atoms with Crippen molar-refractivity contribution in [3.63, 3.8) is 0 Å². The summed E-state index contributed by atoms with van der Waals surface area (Å²) in [5.41, 5.74) is 3.31. The van der Waals surface area contributed by atoms with Gasteiger partial charge in [-0.2, -0.15) is 0 Å². The Morgan fingerprint density at radius 3 is 2.46 bits per heavy atom. The minimum atomic E-state index is 0.320. The van der Waals surface area contributed by atoms with Crippen LogP contribution in [0.4, 0.5) is 5.69 Å². The van der Waals surface area contributed by atoms with E-state index in [0.29, 0.717) is 11.5 Å². The predicted octanol–water partition coefficient (Wildman–Crippen LogP) is 1.51. The van der Waals surface area contributed by atoms with Crippen molar-refractivity contribution in [1.29, 1.82) is 0 Å². The Bertz CT molecular complexity index is 328. The number of benzene rings is 1. The molecule has 2 rings (SSSR count). The highest BCUT2D eigenvalue weighted by Gasteiger charge is 2.44. The van der Waals surface area contributed by atoms with Crippen molar-refractivity contribution in [1.82, 2.24) is 0 Å². The molecule has 1 aliphatic heterocycles. The van der Waals surface area contributed by atoms with Crippen molar-refractivity contribution in [3.8, 4) is 0 Å². The van der Waals surface area contributed by atoms with Crippen molar-refractivity contribution in [2.75, 3.05) is 7.05 Å². The fourth-order valence-electron chi connectivity index (χ4n) is 2.40. The first-order chi connectivity index (χ1) is 6.05. The average molecular weight is 176 g/mol. The number of hydrogen-bond acceptors (Lipinski definition) is 0. The summed E-state index contributed by atoms with van der Waals surface area (Å²) in [6.07, 6.45) is 0. The Kier molecular flexibility index (Phi) is 1.74. The van der Waals surface area contributed by atoms with E-state index in [9.17, 15) is 0 Å². The number of para-hydroxylation sites is 1. The summed E-state index contributed by atoms with van der Waals surface area (Å²) in [6.45, 7) is 7.01. The lowest BCUT2D eigenvalue weighted by Crippen LogP contribution is -3.07. The van der Waals surface area contributed by atoms with E-state index < -0.39 is 0 Å². The third kappa shape index (κ3) is 1.03. The van der Waals surface area contributed by atoms with Gasteiger partial charge in [-0.3, -0.25) is 0 Å². The number of likely N-dealkylation sites (N-methyl/N-ethyl adjacent to an activating group) is 1. The van der Waals surface area contributed by atoms with Crippen LogP contribution in [0.25, 0.3) is 0 Å². The number of hydrogen-bond donors (Lipinski definition) is 1. The molecule has 2 unspecified atom stereocenters. The lowest BCUT2D eigenvalue weighted by Gasteiger charge is -2.23. The highest BCUT2D eigenvalue weighted by atomic mass is 15.2. The van der Waals surface area contributed by atoms with Crippen LogP contribution in [0.2, 0.25) is 0 Å². The zero-order valence-electron chi connectivity index (χ0n) is 8.89. The molecule has 1 aromatic carbocycles. The molecule has 13 heavy (non-hydrogen) atoms. The maximum Gasteiger partial charge on any atom is 0.135 e. The second-order valence-electron chi connectivity index (χ2n) is 4.67. The quantitative estimate of drug-likeness (QED) is 0.611. The van der Waals surface area contributed by atoms with Crippen molar-refractivity contribution >= 4 is 5.69 Å². The maximum atomic E-state index is 2.34. The molecule has 0 aliphatic carbocycles. The van der Waals surface area contributed by atoms with Gasteiger partial charge in [0, 0.05) is 11.0 Å². The zero-order valence-corrected chi connectivity index (χ0v) is 8.89. The fraction of sp³-hybridized carbons (Fsp3) is 0.500. The summed E-state index contributed by atoms with van der Waals surface area (Å²) in [6, 6.07) is 9.46. The highest BCUT2D eigenvalue weighted by molar-refractivity contribution is 5.47. The Hall–Kier alpha value is -0.820. The normalized spacial score (nSPS) is 30.2. The van der Waals surface area contributed by atoms with Gasteiger partial charge < -0.3 is 4.90 Å². The Labute approximate surface area is 80.4 Å². The van der Waals surface area contributed by atoms with Crippen LogP contribution in [0.3, 0.4) is 0 Å². The molecule has 0 fully saturated rings.